The number of rotatable bonds is 3. The summed E-state index contributed by atoms with van der Waals surface area (Å²) in [6.45, 7) is 1.78. The van der Waals surface area contributed by atoms with E-state index in [9.17, 15) is 4.79 Å². The Kier molecular flexibility index (Phi) is 4.45. The van der Waals surface area contributed by atoms with Gasteiger partial charge < -0.3 is 19.1 Å². The van der Waals surface area contributed by atoms with Crippen LogP contribution >= 0.6 is 0 Å². The van der Waals surface area contributed by atoms with Gasteiger partial charge in [-0.1, -0.05) is 18.2 Å². The monoisotopic (exact) mass is 353 g/mol. The Morgan fingerprint density at radius 3 is 2.58 bits per heavy atom. The Balaban J connectivity index is 1.51. The van der Waals surface area contributed by atoms with Crippen LogP contribution < -0.4 is 14.2 Å². The van der Waals surface area contributed by atoms with E-state index in [0.717, 1.165) is 42.0 Å². The molecule has 0 N–H and O–H groups in total. The molecular formula is C21H23NO4. The van der Waals surface area contributed by atoms with Crippen LogP contribution in [-0.4, -0.2) is 38.2 Å². The third kappa shape index (κ3) is 2.98. The van der Waals surface area contributed by atoms with E-state index in [2.05, 4.69) is 0 Å². The van der Waals surface area contributed by atoms with Gasteiger partial charge in [0.25, 0.3) is 0 Å². The molecule has 1 atom stereocenters. The molecule has 2 aliphatic rings. The summed E-state index contributed by atoms with van der Waals surface area (Å²) in [5.74, 6) is 2.39. The molecule has 0 fully saturated rings. The topological polar surface area (TPSA) is 48.0 Å². The fourth-order valence-corrected chi connectivity index (χ4v) is 3.82. The molecule has 5 heteroatoms. The molecule has 0 bridgehead atoms. The molecule has 2 heterocycles. The SMILES string of the molecule is COc1cc2c(cc1OC)CN(C(=O)[C@@H]1COc3ccccc3C1)CC2. The highest BCUT2D eigenvalue weighted by Gasteiger charge is 2.31. The highest BCUT2D eigenvalue weighted by atomic mass is 16.5. The first-order valence-corrected chi connectivity index (χ1v) is 8.93. The number of carbonyl (C=O) groups is 1. The van der Waals surface area contributed by atoms with Gasteiger partial charge >= 0.3 is 0 Å². The highest BCUT2D eigenvalue weighted by Crippen LogP contribution is 2.34. The van der Waals surface area contributed by atoms with Gasteiger partial charge in [-0.15, -0.1) is 0 Å². The Hall–Kier alpha value is -2.69. The van der Waals surface area contributed by atoms with Gasteiger partial charge in [0.05, 0.1) is 20.1 Å². The second-order valence-corrected chi connectivity index (χ2v) is 6.81. The molecule has 5 nitrogen and oxygen atoms in total. The van der Waals surface area contributed by atoms with Crippen molar-refractivity contribution in [2.45, 2.75) is 19.4 Å². The van der Waals surface area contributed by atoms with Gasteiger partial charge in [0.2, 0.25) is 5.91 Å². The van der Waals surface area contributed by atoms with E-state index in [1.807, 2.05) is 41.3 Å². The van der Waals surface area contributed by atoms with E-state index in [1.165, 1.54) is 5.56 Å². The van der Waals surface area contributed by atoms with E-state index in [-0.39, 0.29) is 11.8 Å². The van der Waals surface area contributed by atoms with Crippen LogP contribution in [0.25, 0.3) is 0 Å². The molecule has 0 unspecified atom stereocenters. The molecule has 136 valence electrons. The second-order valence-electron chi connectivity index (χ2n) is 6.81. The van der Waals surface area contributed by atoms with Crippen molar-refractivity contribution in [2.75, 3.05) is 27.4 Å². The maximum absolute atomic E-state index is 13.0. The van der Waals surface area contributed by atoms with Crippen molar-refractivity contribution in [1.29, 1.82) is 0 Å². The van der Waals surface area contributed by atoms with Crippen LogP contribution in [0.1, 0.15) is 16.7 Å². The molecule has 0 saturated carbocycles. The van der Waals surface area contributed by atoms with Crippen LogP contribution in [0.15, 0.2) is 36.4 Å². The Morgan fingerprint density at radius 2 is 1.81 bits per heavy atom. The van der Waals surface area contributed by atoms with Crippen LogP contribution in [0.5, 0.6) is 17.2 Å². The Bertz CT molecular complexity index is 833. The Morgan fingerprint density at radius 1 is 1.08 bits per heavy atom. The van der Waals surface area contributed by atoms with Crippen molar-refractivity contribution in [3.8, 4) is 17.2 Å². The van der Waals surface area contributed by atoms with Crippen LogP contribution in [0.3, 0.4) is 0 Å². The first-order chi connectivity index (χ1) is 12.7. The number of hydrogen-bond donors (Lipinski definition) is 0. The minimum absolute atomic E-state index is 0.119. The number of ether oxygens (including phenoxy) is 3. The largest absolute Gasteiger partial charge is 0.493 e. The second kappa shape index (κ2) is 6.90. The van der Waals surface area contributed by atoms with E-state index in [0.29, 0.717) is 18.9 Å². The number of fused-ring (bicyclic) bond motifs is 2. The predicted octanol–water partition coefficient (Wildman–Crippen LogP) is 2.84. The molecule has 0 spiro atoms. The minimum Gasteiger partial charge on any atom is -0.493 e. The molecule has 0 radical (unpaired) electrons. The molecule has 0 aromatic heterocycles. The van der Waals surface area contributed by atoms with Crippen molar-refractivity contribution >= 4 is 5.91 Å². The van der Waals surface area contributed by atoms with Crippen molar-refractivity contribution in [2.24, 2.45) is 5.92 Å². The minimum atomic E-state index is -0.119. The lowest BCUT2D eigenvalue weighted by atomic mass is 9.93. The van der Waals surface area contributed by atoms with Crippen molar-refractivity contribution in [3.05, 3.63) is 53.1 Å². The molecule has 26 heavy (non-hydrogen) atoms. The molecule has 2 aliphatic heterocycles. The Labute approximate surface area is 153 Å². The van der Waals surface area contributed by atoms with Crippen molar-refractivity contribution < 1.29 is 19.0 Å². The molecular weight excluding hydrogens is 330 g/mol. The van der Waals surface area contributed by atoms with E-state index in [4.69, 9.17) is 14.2 Å². The zero-order valence-electron chi connectivity index (χ0n) is 15.2. The fraction of sp³-hybridized carbons (Fsp3) is 0.381. The molecule has 2 aromatic rings. The van der Waals surface area contributed by atoms with Gasteiger partial charge in [-0.05, 0) is 47.7 Å². The summed E-state index contributed by atoms with van der Waals surface area (Å²) in [5, 5.41) is 0. The maximum Gasteiger partial charge on any atom is 0.229 e. The third-order valence-electron chi connectivity index (χ3n) is 5.26. The summed E-state index contributed by atoms with van der Waals surface area (Å²) in [7, 11) is 3.27. The number of para-hydroxylation sites is 1. The van der Waals surface area contributed by atoms with Crippen molar-refractivity contribution in [1.82, 2.24) is 4.90 Å². The number of methoxy groups -OCH3 is 2. The van der Waals surface area contributed by atoms with E-state index >= 15 is 0 Å². The zero-order valence-corrected chi connectivity index (χ0v) is 15.2. The summed E-state index contributed by atoms with van der Waals surface area (Å²) in [5.41, 5.74) is 3.46. The standard InChI is InChI=1S/C21H23NO4/c1-24-19-10-14-7-8-22(12-16(14)11-20(19)25-2)21(23)17-9-15-5-3-4-6-18(15)26-13-17/h3-6,10-11,17H,7-9,12-13H2,1-2H3/t17-/m0/s1. The van der Waals surface area contributed by atoms with Gasteiger partial charge in [0, 0.05) is 13.1 Å². The lowest BCUT2D eigenvalue weighted by Gasteiger charge is -2.34. The van der Waals surface area contributed by atoms with Crippen molar-refractivity contribution in [3.63, 3.8) is 0 Å². The molecule has 2 aromatic carbocycles. The van der Waals surface area contributed by atoms with Crippen LogP contribution in [-0.2, 0) is 24.2 Å². The number of benzene rings is 2. The number of hydrogen-bond acceptors (Lipinski definition) is 4. The van der Waals surface area contributed by atoms with Crippen LogP contribution in [0.4, 0.5) is 0 Å². The number of carbonyl (C=O) groups excluding carboxylic acids is 1. The summed E-state index contributed by atoms with van der Waals surface area (Å²) in [4.78, 5) is 15.0. The molecule has 0 saturated heterocycles. The van der Waals surface area contributed by atoms with Crippen LogP contribution in [0.2, 0.25) is 0 Å². The van der Waals surface area contributed by atoms with E-state index in [1.54, 1.807) is 14.2 Å². The maximum atomic E-state index is 13.0. The van der Waals surface area contributed by atoms with E-state index < -0.39 is 0 Å². The smallest absolute Gasteiger partial charge is 0.229 e. The summed E-state index contributed by atoms with van der Waals surface area (Å²) < 4.78 is 16.6. The predicted molar refractivity (Wildman–Crippen MR) is 97.8 cm³/mol. The zero-order chi connectivity index (χ0) is 18.1. The summed E-state index contributed by atoms with van der Waals surface area (Å²) in [6, 6.07) is 12.0. The lowest BCUT2D eigenvalue weighted by Crippen LogP contribution is -2.43. The molecule has 1 amide bonds. The quantitative estimate of drug-likeness (QED) is 0.851. The fourth-order valence-electron chi connectivity index (χ4n) is 3.82. The highest BCUT2D eigenvalue weighted by molar-refractivity contribution is 5.80. The summed E-state index contributed by atoms with van der Waals surface area (Å²) >= 11 is 0. The first kappa shape index (κ1) is 16.8. The molecule has 4 rings (SSSR count). The average Bonchev–Trinajstić information content (AvgIpc) is 2.71. The number of amides is 1. The van der Waals surface area contributed by atoms with Gasteiger partial charge in [-0.3, -0.25) is 4.79 Å². The average molecular weight is 353 g/mol. The van der Waals surface area contributed by atoms with Crippen LogP contribution in [0, 0.1) is 5.92 Å². The van der Waals surface area contributed by atoms with Gasteiger partial charge in [-0.2, -0.15) is 0 Å². The molecule has 0 aliphatic carbocycles. The summed E-state index contributed by atoms with van der Waals surface area (Å²) in [6.07, 6.45) is 1.57. The first-order valence-electron chi connectivity index (χ1n) is 8.93. The lowest BCUT2D eigenvalue weighted by molar-refractivity contribution is -0.137. The van der Waals surface area contributed by atoms with Gasteiger partial charge in [0.15, 0.2) is 11.5 Å². The normalized spacial score (nSPS) is 18.4. The third-order valence-corrected chi connectivity index (χ3v) is 5.26. The van der Waals surface area contributed by atoms with Gasteiger partial charge in [0.1, 0.15) is 12.4 Å². The van der Waals surface area contributed by atoms with Gasteiger partial charge in [-0.25, -0.2) is 0 Å². The number of nitrogens with zero attached hydrogens (tertiary/aromatic N) is 1.